The van der Waals surface area contributed by atoms with Crippen LogP contribution in [-0.4, -0.2) is 11.8 Å². The average Bonchev–Trinajstić information content (AvgIpc) is 3.00. The first kappa shape index (κ1) is 21.2. The highest BCUT2D eigenvalue weighted by atomic mass is 19.4. The first-order valence-corrected chi connectivity index (χ1v) is 9.24. The van der Waals surface area contributed by atoms with Crippen LogP contribution in [0.25, 0.3) is 5.57 Å². The quantitative estimate of drug-likeness (QED) is 0.434. The zero-order valence-corrected chi connectivity index (χ0v) is 16.1. The van der Waals surface area contributed by atoms with Crippen molar-refractivity contribution in [2.45, 2.75) is 6.18 Å². The zero-order valence-electron chi connectivity index (χ0n) is 16.1. The summed E-state index contributed by atoms with van der Waals surface area (Å²) >= 11 is 0. The molecular formula is C23H13F5N2O2. The number of alkyl halides is 3. The second-order valence-corrected chi connectivity index (χ2v) is 6.86. The molecular weight excluding hydrogens is 431 g/mol. The largest absolute Gasteiger partial charge is 0.416 e. The van der Waals surface area contributed by atoms with Crippen LogP contribution in [0.15, 0.2) is 78.5 Å². The number of anilines is 2. The minimum absolute atomic E-state index is 0.0145. The lowest BCUT2D eigenvalue weighted by Crippen LogP contribution is -2.32. The smallest absolute Gasteiger partial charge is 0.350 e. The molecule has 0 saturated heterocycles. The summed E-state index contributed by atoms with van der Waals surface area (Å²) in [6.07, 6.45) is -4.68. The number of halogens is 5. The molecule has 0 aliphatic carbocycles. The van der Waals surface area contributed by atoms with Crippen LogP contribution in [0.2, 0.25) is 0 Å². The molecule has 162 valence electrons. The fourth-order valence-electron chi connectivity index (χ4n) is 3.29. The van der Waals surface area contributed by atoms with E-state index in [9.17, 15) is 31.5 Å². The van der Waals surface area contributed by atoms with Crippen molar-refractivity contribution in [2.24, 2.45) is 0 Å². The van der Waals surface area contributed by atoms with E-state index in [-0.39, 0.29) is 22.6 Å². The lowest BCUT2D eigenvalue weighted by molar-refractivity contribution is -0.137. The van der Waals surface area contributed by atoms with Gasteiger partial charge in [-0.1, -0.05) is 36.4 Å². The Morgan fingerprint density at radius 1 is 0.750 bits per heavy atom. The van der Waals surface area contributed by atoms with E-state index >= 15 is 0 Å². The van der Waals surface area contributed by atoms with Gasteiger partial charge in [0.1, 0.15) is 5.70 Å². The summed E-state index contributed by atoms with van der Waals surface area (Å²) in [5.74, 6) is -4.07. The van der Waals surface area contributed by atoms with Gasteiger partial charge in [-0.25, -0.2) is 13.7 Å². The molecule has 0 saturated carbocycles. The second-order valence-electron chi connectivity index (χ2n) is 6.86. The molecule has 4 nitrogen and oxygen atoms in total. The average molecular weight is 444 g/mol. The van der Waals surface area contributed by atoms with E-state index in [1.807, 2.05) is 0 Å². The summed E-state index contributed by atoms with van der Waals surface area (Å²) in [4.78, 5) is 27.0. The van der Waals surface area contributed by atoms with Gasteiger partial charge in [0.15, 0.2) is 11.6 Å². The number of nitrogens with one attached hydrogen (secondary N) is 1. The van der Waals surface area contributed by atoms with E-state index in [0.29, 0.717) is 16.5 Å². The van der Waals surface area contributed by atoms with Crippen molar-refractivity contribution in [1.82, 2.24) is 0 Å². The Morgan fingerprint density at radius 3 is 2.12 bits per heavy atom. The Morgan fingerprint density at radius 2 is 1.47 bits per heavy atom. The predicted molar refractivity (Wildman–Crippen MR) is 107 cm³/mol. The molecule has 0 fully saturated rings. The van der Waals surface area contributed by atoms with E-state index in [2.05, 4.69) is 5.32 Å². The molecule has 0 spiro atoms. The standard InChI is InChI=1S/C23H13F5N2O2/c24-17-10-9-15(12-18(17)25)29-20-19(13-5-2-1-3-6-13)21(31)30(22(20)32)16-8-4-7-14(11-16)23(26,27)28/h1-12,29H. The molecule has 2 amide bonds. The Bertz CT molecular complexity index is 1250. The number of carbonyl (C=O) groups is 2. The minimum Gasteiger partial charge on any atom is -0.350 e. The van der Waals surface area contributed by atoms with Gasteiger partial charge in [0.25, 0.3) is 11.8 Å². The lowest BCUT2D eigenvalue weighted by atomic mass is 10.0. The van der Waals surface area contributed by atoms with Crippen LogP contribution in [0.4, 0.5) is 33.3 Å². The van der Waals surface area contributed by atoms with Crippen molar-refractivity contribution < 1.29 is 31.5 Å². The molecule has 9 heteroatoms. The van der Waals surface area contributed by atoms with Gasteiger partial charge in [-0.15, -0.1) is 0 Å². The van der Waals surface area contributed by atoms with Crippen molar-refractivity contribution in [1.29, 1.82) is 0 Å². The Balaban J connectivity index is 1.81. The van der Waals surface area contributed by atoms with Crippen LogP contribution >= 0.6 is 0 Å². The molecule has 1 aliphatic heterocycles. The number of hydrogen-bond acceptors (Lipinski definition) is 3. The molecule has 4 rings (SSSR count). The fourth-order valence-corrected chi connectivity index (χ4v) is 3.29. The van der Waals surface area contributed by atoms with Crippen LogP contribution in [-0.2, 0) is 15.8 Å². The monoisotopic (exact) mass is 444 g/mol. The normalized spacial score (nSPS) is 14.3. The van der Waals surface area contributed by atoms with Gasteiger partial charge in [-0.05, 0) is 35.9 Å². The maximum Gasteiger partial charge on any atom is 0.416 e. The number of imide groups is 1. The maximum absolute atomic E-state index is 13.6. The molecule has 0 unspecified atom stereocenters. The number of hydrogen-bond donors (Lipinski definition) is 1. The molecule has 1 aliphatic rings. The van der Waals surface area contributed by atoms with Crippen molar-refractivity contribution in [3.8, 4) is 0 Å². The number of benzene rings is 3. The van der Waals surface area contributed by atoms with Crippen LogP contribution in [0.5, 0.6) is 0 Å². The van der Waals surface area contributed by atoms with E-state index in [0.717, 1.165) is 24.3 Å². The Labute approximate surface area is 178 Å². The van der Waals surface area contributed by atoms with E-state index < -0.39 is 35.2 Å². The molecule has 1 N–H and O–H groups in total. The molecule has 0 bridgehead atoms. The van der Waals surface area contributed by atoms with Crippen LogP contribution in [0.1, 0.15) is 11.1 Å². The van der Waals surface area contributed by atoms with Gasteiger partial charge < -0.3 is 5.32 Å². The molecule has 0 atom stereocenters. The van der Waals surface area contributed by atoms with Crippen LogP contribution in [0, 0.1) is 11.6 Å². The molecule has 32 heavy (non-hydrogen) atoms. The highest BCUT2D eigenvalue weighted by Crippen LogP contribution is 2.36. The van der Waals surface area contributed by atoms with Crippen molar-refractivity contribution in [2.75, 3.05) is 10.2 Å². The molecule has 0 radical (unpaired) electrons. The van der Waals surface area contributed by atoms with Gasteiger partial charge >= 0.3 is 6.18 Å². The topological polar surface area (TPSA) is 49.4 Å². The van der Waals surface area contributed by atoms with Gasteiger partial charge in [0.2, 0.25) is 0 Å². The SMILES string of the molecule is O=C1C(Nc2ccc(F)c(F)c2)=C(c2ccccc2)C(=O)N1c1cccc(C(F)(F)F)c1. The Kier molecular flexibility index (Phi) is 5.25. The third-order valence-electron chi connectivity index (χ3n) is 4.77. The lowest BCUT2D eigenvalue weighted by Gasteiger charge is -2.17. The van der Waals surface area contributed by atoms with E-state index in [1.54, 1.807) is 30.3 Å². The number of carbonyl (C=O) groups excluding carboxylic acids is 2. The van der Waals surface area contributed by atoms with Crippen LogP contribution in [0.3, 0.4) is 0 Å². The summed E-state index contributed by atoms with van der Waals surface area (Å²) in [7, 11) is 0. The highest BCUT2D eigenvalue weighted by Gasteiger charge is 2.41. The van der Waals surface area contributed by atoms with Crippen molar-refractivity contribution in [3.05, 3.63) is 101 Å². The van der Waals surface area contributed by atoms with Gasteiger partial charge in [0.05, 0.1) is 16.8 Å². The maximum atomic E-state index is 13.6. The minimum atomic E-state index is -4.68. The first-order chi connectivity index (χ1) is 15.2. The van der Waals surface area contributed by atoms with Gasteiger partial charge in [0, 0.05) is 11.8 Å². The third kappa shape index (κ3) is 3.84. The third-order valence-corrected chi connectivity index (χ3v) is 4.77. The fraction of sp³-hybridized carbons (Fsp3) is 0.0435. The predicted octanol–water partition coefficient (Wildman–Crippen LogP) is 5.38. The highest BCUT2D eigenvalue weighted by molar-refractivity contribution is 6.46. The number of rotatable bonds is 4. The van der Waals surface area contributed by atoms with Gasteiger partial charge in [-0.2, -0.15) is 13.2 Å². The van der Waals surface area contributed by atoms with Crippen LogP contribution < -0.4 is 10.2 Å². The molecule has 3 aromatic rings. The van der Waals surface area contributed by atoms with E-state index in [1.165, 1.54) is 12.1 Å². The summed E-state index contributed by atoms with van der Waals surface area (Å²) in [6, 6.07) is 14.6. The summed E-state index contributed by atoms with van der Waals surface area (Å²) in [6.45, 7) is 0. The van der Waals surface area contributed by atoms with Gasteiger partial charge in [-0.3, -0.25) is 9.59 Å². The summed E-state index contributed by atoms with van der Waals surface area (Å²) in [5.41, 5.74) is -1.38. The van der Waals surface area contributed by atoms with E-state index in [4.69, 9.17) is 0 Å². The molecule has 0 aromatic heterocycles. The van der Waals surface area contributed by atoms with Crippen molar-refractivity contribution >= 4 is 28.8 Å². The summed E-state index contributed by atoms with van der Waals surface area (Å²) < 4.78 is 66.4. The zero-order chi connectivity index (χ0) is 23.0. The number of amides is 2. The Hall–Kier alpha value is -4.01. The first-order valence-electron chi connectivity index (χ1n) is 9.24. The van der Waals surface area contributed by atoms with Crippen molar-refractivity contribution in [3.63, 3.8) is 0 Å². The summed E-state index contributed by atoms with van der Waals surface area (Å²) in [5, 5.41) is 2.62. The second kappa shape index (κ2) is 7.92. The number of nitrogens with zero attached hydrogens (tertiary/aromatic N) is 1. The molecule has 1 heterocycles. The molecule has 3 aromatic carbocycles.